The zero-order valence-electron chi connectivity index (χ0n) is 12.0. The lowest BCUT2D eigenvalue weighted by Crippen LogP contribution is -2.21. The Balaban J connectivity index is 2.06. The Morgan fingerprint density at radius 1 is 1.22 bits per heavy atom. The zero-order chi connectivity index (χ0) is 16.6. The number of hydrogen-bond donors (Lipinski definition) is 1. The van der Waals surface area contributed by atoms with E-state index < -0.39 is 17.3 Å². The number of anilines is 1. The van der Waals surface area contributed by atoms with Gasteiger partial charge in [-0.25, -0.2) is 9.18 Å². The number of para-hydroxylation sites is 1. The number of rotatable bonds is 2. The van der Waals surface area contributed by atoms with Crippen molar-refractivity contribution in [3.05, 3.63) is 74.3 Å². The Kier molecular flexibility index (Phi) is 4.00. The molecule has 0 saturated carbocycles. The van der Waals surface area contributed by atoms with Crippen LogP contribution in [0.5, 0.6) is 0 Å². The van der Waals surface area contributed by atoms with Crippen molar-refractivity contribution >= 4 is 38.5 Å². The van der Waals surface area contributed by atoms with E-state index in [1.54, 1.807) is 19.1 Å². The molecule has 1 N–H and O–H groups in total. The standard InChI is InChI=1S/C17H11BrFNO3/c1-9-6-11(18)7-10-8-12(17(22)23-15(9)10)16(21)20-14-5-3-2-4-13(14)19/h2-8H,1H3,(H,20,21). The van der Waals surface area contributed by atoms with Gasteiger partial charge in [-0.15, -0.1) is 0 Å². The molecule has 0 saturated heterocycles. The molecule has 2 aromatic carbocycles. The zero-order valence-corrected chi connectivity index (χ0v) is 13.6. The first kappa shape index (κ1) is 15.4. The van der Waals surface area contributed by atoms with Crippen LogP contribution in [0.15, 0.2) is 56.1 Å². The van der Waals surface area contributed by atoms with Gasteiger partial charge in [0, 0.05) is 9.86 Å². The summed E-state index contributed by atoms with van der Waals surface area (Å²) in [6, 6.07) is 10.7. The highest BCUT2D eigenvalue weighted by Crippen LogP contribution is 2.24. The molecule has 0 aliphatic carbocycles. The number of nitrogens with one attached hydrogen (secondary N) is 1. The van der Waals surface area contributed by atoms with Gasteiger partial charge < -0.3 is 9.73 Å². The van der Waals surface area contributed by atoms with E-state index in [9.17, 15) is 14.0 Å². The molecule has 6 heteroatoms. The predicted octanol–water partition coefficient (Wildman–Crippen LogP) is 4.26. The lowest BCUT2D eigenvalue weighted by atomic mass is 10.1. The molecule has 1 amide bonds. The number of carbonyl (C=O) groups excluding carboxylic acids is 1. The number of halogens is 2. The molecule has 23 heavy (non-hydrogen) atoms. The smallest absolute Gasteiger partial charge is 0.349 e. The first-order valence-electron chi connectivity index (χ1n) is 6.75. The van der Waals surface area contributed by atoms with Crippen LogP contribution >= 0.6 is 15.9 Å². The Hall–Kier alpha value is -2.47. The molecule has 3 aromatic rings. The van der Waals surface area contributed by atoms with Crippen LogP contribution in [-0.4, -0.2) is 5.91 Å². The minimum Gasteiger partial charge on any atom is -0.422 e. The van der Waals surface area contributed by atoms with Gasteiger partial charge in [-0.05, 0) is 42.8 Å². The average molecular weight is 376 g/mol. The van der Waals surface area contributed by atoms with Crippen molar-refractivity contribution in [2.24, 2.45) is 0 Å². The van der Waals surface area contributed by atoms with E-state index in [0.717, 1.165) is 10.0 Å². The maximum atomic E-state index is 13.6. The van der Waals surface area contributed by atoms with Crippen LogP contribution in [0.1, 0.15) is 15.9 Å². The Morgan fingerprint density at radius 3 is 2.70 bits per heavy atom. The molecule has 0 spiro atoms. The molecule has 0 atom stereocenters. The SMILES string of the molecule is Cc1cc(Br)cc2cc(C(=O)Nc3ccccc3F)c(=O)oc12. The second kappa shape index (κ2) is 5.96. The van der Waals surface area contributed by atoms with Crippen LogP contribution in [0.2, 0.25) is 0 Å². The first-order valence-corrected chi connectivity index (χ1v) is 7.55. The van der Waals surface area contributed by atoms with Gasteiger partial charge in [-0.3, -0.25) is 4.79 Å². The molecule has 3 rings (SSSR count). The molecule has 0 fully saturated rings. The number of benzene rings is 2. The van der Waals surface area contributed by atoms with Gasteiger partial charge in [0.05, 0.1) is 5.69 Å². The van der Waals surface area contributed by atoms with E-state index >= 15 is 0 Å². The summed E-state index contributed by atoms with van der Waals surface area (Å²) >= 11 is 3.36. The van der Waals surface area contributed by atoms with E-state index in [1.165, 1.54) is 24.3 Å². The van der Waals surface area contributed by atoms with Gasteiger partial charge >= 0.3 is 5.63 Å². The van der Waals surface area contributed by atoms with Crippen LogP contribution in [0.3, 0.4) is 0 Å². The quantitative estimate of drug-likeness (QED) is 0.680. The largest absolute Gasteiger partial charge is 0.422 e. The minimum absolute atomic E-state index is 0.00224. The Morgan fingerprint density at radius 2 is 1.96 bits per heavy atom. The molecule has 0 aliphatic rings. The van der Waals surface area contributed by atoms with Crippen LogP contribution in [-0.2, 0) is 0 Å². The van der Waals surface area contributed by atoms with E-state index in [-0.39, 0.29) is 11.3 Å². The summed E-state index contributed by atoms with van der Waals surface area (Å²) in [6.07, 6.45) is 0. The maximum absolute atomic E-state index is 13.6. The van der Waals surface area contributed by atoms with E-state index in [0.29, 0.717) is 11.0 Å². The summed E-state index contributed by atoms with van der Waals surface area (Å²) in [5.41, 5.74) is 0.241. The Bertz CT molecular complexity index is 981. The van der Waals surface area contributed by atoms with Crippen molar-refractivity contribution in [2.75, 3.05) is 5.32 Å². The molecular formula is C17H11BrFNO3. The molecule has 1 aromatic heterocycles. The van der Waals surface area contributed by atoms with Crippen molar-refractivity contribution in [1.82, 2.24) is 0 Å². The summed E-state index contributed by atoms with van der Waals surface area (Å²) < 4.78 is 19.6. The molecule has 4 nitrogen and oxygen atoms in total. The second-order valence-electron chi connectivity index (χ2n) is 5.02. The lowest BCUT2D eigenvalue weighted by Gasteiger charge is -2.07. The summed E-state index contributed by atoms with van der Waals surface area (Å²) in [6.45, 7) is 1.80. The number of hydrogen-bond acceptors (Lipinski definition) is 3. The van der Waals surface area contributed by atoms with Crippen molar-refractivity contribution in [1.29, 1.82) is 0 Å². The van der Waals surface area contributed by atoms with Gasteiger partial charge in [0.15, 0.2) is 0 Å². The highest BCUT2D eigenvalue weighted by molar-refractivity contribution is 9.10. The monoisotopic (exact) mass is 375 g/mol. The summed E-state index contributed by atoms with van der Waals surface area (Å²) in [7, 11) is 0. The third-order valence-corrected chi connectivity index (χ3v) is 3.81. The van der Waals surface area contributed by atoms with Crippen molar-refractivity contribution < 1.29 is 13.6 Å². The first-order chi connectivity index (χ1) is 11.0. The van der Waals surface area contributed by atoms with Crippen molar-refractivity contribution in [3.8, 4) is 0 Å². The lowest BCUT2D eigenvalue weighted by molar-refractivity contribution is 0.102. The molecule has 0 bridgehead atoms. The van der Waals surface area contributed by atoms with Gasteiger partial charge in [-0.1, -0.05) is 28.1 Å². The highest BCUT2D eigenvalue weighted by Gasteiger charge is 2.16. The fraction of sp³-hybridized carbons (Fsp3) is 0.0588. The minimum atomic E-state index is -0.767. The fourth-order valence-corrected chi connectivity index (χ4v) is 2.87. The number of aryl methyl sites for hydroxylation is 1. The molecule has 1 heterocycles. The number of carbonyl (C=O) groups is 1. The van der Waals surface area contributed by atoms with Crippen LogP contribution in [0, 0.1) is 12.7 Å². The normalized spacial score (nSPS) is 10.7. The van der Waals surface area contributed by atoms with Gasteiger partial charge in [0.2, 0.25) is 0 Å². The van der Waals surface area contributed by atoms with E-state index in [2.05, 4.69) is 21.2 Å². The summed E-state index contributed by atoms with van der Waals surface area (Å²) in [5.74, 6) is -1.30. The fourth-order valence-electron chi connectivity index (χ4n) is 2.28. The average Bonchev–Trinajstić information content (AvgIpc) is 2.49. The summed E-state index contributed by atoms with van der Waals surface area (Å²) in [4.78, 5) is 24.3. The van der Waals surface area contributed by atoms with Crippen LogP contribution < -0.4 is 10.9 Å². The van der Waals surface area contributed by atoms with Gasteiger partial charge in [-0.2, -0.15) is 0 Å². The number of amides is 1. The van der Waals surface area contributed by atoms with Crippen LogP contribution in [0.25, 0.3) is 11.0 Å². The predicted molar refractivity (Wildman–Crippen MR) is 89.3 cm³/mol. The highest BCUT2D eigenvalue weighted by atomic mass is 79.9. The molecule has 0 aliphatic heterocycles. The molecule has 0 unspecified atom stereocenters. The van der Waals surface area contributed by atoms with Gasteiger partial charge in [0.25, 0.3) is 5.91 Å². The Labute approximate surface area is 139 Å². The van der Waals surface area contributed by atoms with Crippen molar-refractivity contribution in [2.45, 2.75) is 6.92 Å². The van der Waals surface area contributed by atoms with Crippen LogP contribution in [0.4, 0.5) is 10.1 Å². The van der Waals surface area contributed by atoms with Gasteiger partial charge in [0.1, 0.15) is 17.0 Å². The molecular weight excluding hydrogens is 365 g/mol. The topological polar surface area (TPSA) is 59.3 Å². The van der Waals surface area contributed by atoms with E-state index in [1.807, 2.05) is 6.07 Å². The second-order valence-corrected chi connectivity index (χ2v) is 5.94. The maximum Gasteiger partial charge on any atom is 0.349 e. The summed E-state index contributed by atoms with van der Waals surface area (Å²) in [5, 5.41) is 2.98. The van der Waals surface area contributed by atoms with Crippen molar-refractivity contribution in [3.63, 3.8) is 0 Å². The number of fused-ring (bicyclic) bond motifs is 1. The third-order valence-electron chi connectivity index (χ3n) is 3.35. The molecule has 116 valence electrons. The third kappa shape index (κ3) is 3.03. The molecule has 0 radical (unpaired) electrons. The van der Waals surface area contributed by atoms with E-state index in [4.69, 9.17) is 4.42 Å².